The van der Waals surface area contributed by atoms with Gasteiger partial charge in [-0.05, 0) is 46.9 Å². The number of benzene rings is 2. The van der Waals surface area contributed by atoms with Crippen molar-refractivity contribution in [3.63, 3.8) is 0 Å². The van der Waals surface area contributed by atoms with E-state index in [9.17, 15) is 4.79 Å². The minimum atomic E-state index is 0.0425. The highest BCUT2D eigenvalue weighted by atomic mass is 16.1. The van der Waals surface area contributed by atoms with E-state index < -0.39 is 0 Å². The van der Waals surface area contributed by atoms with Crippen LogP contribution in [0, 0.1) is 0 Å². The number of nitrogens with zero attached hydrogens (tertiary/aromatic N) is 2. The maximum absolute atomic E-state index is 12.4. The Labute approximate surface area is 153 Å². The topological polar surface area (TPSA) is 45.2 Å². The first-order chi connectivity index (χ1) is 12.8. The molecular formula is C22H23N3O. The van der Waals surface area contributed by atoms with Crippen LogP contribution in [0.3, 0.4) is 0 Å². The van der Waals surface area contributed by atoms with Crippen LogP contribution in [-0.4, -0.2) is 24.0 Å². The van der Waals surface area contributed by atoms with Crippen LogP contribution in [-0.2, 0) is 17.8 Å². The molecule has 0 spiro atoms. The van der Waals surface area contributed by atoms with Crippen molar-refractivity contribution in [3.8, 4) is 0 Å². The summed E-state index contributed by atoms with van der Waals surface area (Å²) in [6.07, 6.45) is 4.69. The van der Waals surface area contributed by atoms with Crippen molar-refractivity contribution >= 4 is 22.5 Å². The number of rotatable bonds is 5. The zero-order valence-corrected chi connectivity index (χ0v) is 14.8. The molecule has 1 fully saturated rings. The minimum Gasteiger partial charge on any atom is -0.357 e. The van der Waals surface area contributed by atoms with Crippen molar-refractivity contribution in [2.24, 2.45) is 0 Å². The maximum atomic E-state index is 12.4. The fourth-order valence-electron chi connectivity index (χ4n) is 3.57. The highest BCUT2D eigenvalue weighted by molar-refractivity contribution is 5.90. The highest BCUT2D eigenvalue weighted by Gasteiger charge is 2.14. The third-order valence-corrected chi connectivity index (χ3v) is 4.96. The number of aromatic nitrogens is 1. The Hall–Kier alpha value is -2.88. The predicted octanol–water partition coefficient (Wildman–Crippen LogP) is 3.69. The Morgan fingerprint density at radius 1 is 1.04 bits per heavy atom. The van der Waals surface area contributed by atoms with Gasteiger partial charge in [-0.1, -0.05) is 42.5 Å². The molecule has 2 aromatic carbocycles. The zero-order valence-electron chi connectivity index (χ0n) is 14.8. The highest BCUT2D eigenvalue weighted by Crippen LogP contribution is 2.20. The summed E-state index contributed by atoms with van der Waals surface area (Å²) in [6.45, 7) is 2.68. The molecule has 0 atom stereocenters. The molecule has 3 aromatic rings. The molecular weight excluding hydrogens is 322 g/mol. The molecule has 4 heteroatoms. The fourth-order valence-corrected chi connectivity index (χ4v) is 3.57. The van der Waals surface area contributed by atoms with E-state index in [2.05, 4.69) is 39.5 Å². The molecule has 0 saturated carbocycles. The number of carbonyl (C=O) groups is 1. The van der Waals surface area contributed by atoms with Crippen LogP contribution < -0.4 is 10.2 Å². The molecule has 1 aliphatic rings. The molecule has 26 heavy (non-hydrogen) atoms. The third kappa shape index (κ3) is 3.69. The molecule has 0 unspecified atom stereocenters. The average molecular weight is 345 g/mol. The summed E-state index contributed by atoms with van der Waals surface area (Å²) in [5.74, 6) is 1.06. The lowest BCUT2D eigenvalue weighted by molar-refractivity contribution is -0.120. The molecule has 1 aromatic heterocycles. The number of anilines is 1. The Bertz CT molecular complexity index is 911. The summed E-state index contributed by atoms with van der Waals surface area (Å²) in [6, 6.07) is 18.4. The quantitative estimate of drug-likeness (QED) is 0.767. The molecule has 1 aliphatic heterocycles. The van der Waals surface area contributed by atoms with Crippen molar-refractivity contribution in [1.82, 2.24) is 10.3 Å². The summed E-state index contributed by atoms with van der Waals surface area (Å²) in [5.41, 5.74) is 2.15. The lowest BCUT2D eigenvalue weighted by atomic mass is 10.0. The standard InChI is InChI=1S/C22H23N3O/c26-22(15-19-8-5-7-18-6-1-2-9-20(18)19)24-16-17-10-11-23-21(14-17)25-12-3-4-13-25/h1-2,5-11,14H,3-4,12-13,15-16H2,(H,24,26). The first-order valence-corrected chi connectivity index (χ1v) is 9.23. The predicted molar refractivity (Wildman–Crippen MR) is 105 cm³/mol. The second-order valence-electron chi connectivity index (χ2n) is 6.81. The molecule has 1 saturated heterocycles. The van der Waals surface area contributed by atoms with E-state index in [0.717, 1.165) is 35.4 Å². The van der Waals surface area contributed by atoms with Crippen LogP contribution in [0.2, 0.25) is 0 Å². The average Bonchev–Trinajstić information content (AvgIpc) is 3.22. The van der Waals surface area contributed by atoms with Crippen molar-refractivity contribution in [3.05, 3.63) is 71.9 Å². The molecule has 1 amide bonds. The Balaban J connectivity index is 1.40. The summed E-state index contributed by atoms with van der Waals surface area (Å²) in [5, 5.41) is 5.36. The van der Waals surface area contributed by atoms with Gasteiger partial charge < -0.3 is 10.2 Å². The van der Waals surface area contributed by atoms with Gasteiger partial charge in [0.1, 0.15) is 5.82 Å². The van der Waals surface area contributed by atoms with Crippen LogP contribution in [0.15, 0.2) is 60.8 Å². The monoisotopic (exact) mass is 345 g/mol. The van der Waals surface area contributed by atoms with E-state index in [1.165, 1.54) is 18.2 Å². The molecule has 1 N–H and O–H groups in total. The third-order valence-electron chi connectivity index (χ3n) is 4.96. The van der Waals surface area contributed by atoms with Crippen molar-refractivity contribution in [1.29, 1.82) is 0 Å². The molecule has 0 aliphatic carbocycles. The van der Waals surface area contributed by atoms with E-state index >= 15 is 0 Å². The first kappa shape index (κ1) is 16.6. The van der Waals surface area contributed by atoms with Gasteiger partial charge in [-0.3, -0.25) is 4.79 Å². The van der Waals surface area contributed by atoms with Crippen molar-refractivity contribution in [2.45, 2.75) is 25.8 Å². The van der Waals surface area contributed by atoms with E-state index in [1.807, 2.05) is 36.5 Å². The van der Waals surface area contributed by atoms with E-state index in [-0.39, 0.29) is 5.91 Å². The lowest BCUT2D eigenvalue weighted by Gasteiger charge is -2.17. The van der Waals surface area contributed by atoms with Gasteiger partial charge in [0, 0.05) is 25.8 Å². The van der Waals surface area contributed by atoms with Gasteiger partial charge in [0.25, 0.3) is 0 Å². The number of hydrogen-bond donors (Lipinski definition) is 1. The van der Waals surface area contributed by atoms with Crippen LogP contribution in [0.25, 0.3) is 10.8 Å². The van der Waals surface area contributed by atoms with E-state index in [1.54, 1.807) is 0 Å². The number of pyridine rings is 1. The maximum Gasteiger partial charge on any atom is 0.224 e. The SMILES string of the molecule is O=C(Cc1cccc2ccccc12)NCc1ccnc(N2CCCC2)c1. The largest absolute Gasteiger partial charge is 0.357 e. The molecule has 132 valence electrons. The van der Waals surface area contributed by atoms with Gasteiger partial charge in [-0.2, -0.15) is 0 Å². The molecule has 0 radical (unpaired) electrons. The van der Waals surface area contributed by atoms with Crippen LogP contribution in [0.1, 0.15) is 24.0 Å². The number of fused-ring (bicyclic) bond motifs is 1. The van der Waals surface area contributed by atoms with Gasteiger partial charge in [-0.15, -0.1) is 0 Å². The van der Waals surface area contributed by atoms with Gasteiger partial charge in [0.15, 0.2) is 0 Å². The fraction of sp³-hybridized carbons (Fsp3) is 0.273. The van der Waals surface area contributed by atoms with E-state index in [4.69, 9.17) is 0 Å². The van der Waals surface area contributed by atoms with Crippen LogP contribution in [0.4, 0.5) is 5.82 Å². The van der Waals surface area contributed by atoms with Crippen LogP contribution in [0.5, 0.6) is 0 Å². The van der Waals surface area contributed by atoms with Gasteiger partial charge in [0.2, 0.25) is 5.91 Å². The number of hydrogen-bond acceptors (Lipinski definition) is 3. The zero-order chi connectivity index (χ0) is 17.8. The summed E-state index contributed by atoms with van der Waals surface area (Å²) in [7, 11) is 0. The van der Waals surface area contributed by atoms with E-state index in [0.29, 0.717) is 13.0 Å². The van der Waals surface area contributed by atoms with Gasteiger partial charge in [-0.25, -0.2) is 4.98 Å². The van der Waals surface area contributed by atoms with Crippen LogP contribution >= 0.6 is 0 Å². The summed E-state index contributed by atoms with van der Waals surface area (Å²) in [4.78, 5) is 19.2. The number of nitrogens with one attached hydrogen (secondary N) is 1. The molecule has 4 nitrogen and oxygen atoms in total. The molecule has 4 rings (SSSR count). The first-order valence-electron chi connectivity index (χ1n) is 9.23. The smallest absolute Gasteiger partial charge is 0.224 e. The Morgan fingerprint density at radius 2 is 1.85 bits per heavy atom. The number of amides is 1. The minimum absolute atomic E-state index is 0.0425. The van der Waals surface area contributed by atoms with Crippen molar-refractivity contribution < 1.29 is 4.79 Å². The second-order valence-corrected chi connectivity index (χ2v) is 6.81. The summed E-state index contributed by atoms with van der Waals surface area (Å²) >= 11 is 0. The van der Waals surface area contributed by atoms with Crippen molar-refractivity contribution in [2.75, 3.05) is 18.0 Å². The Kier molecular flexibility index (Phi) is 4.82. The molecule has 0 bridgehead atoms. The second kappa shape index (κ2) is 7.56. The van der Waals surface area contributed by atoms with Gasteiger partial charge in [0.05, 0.1) is 6.42 Å². The number of carbonyl (C=O) groups excluding carboxylic acids is 1. The lowest BCUT2D eigenvalue weighted by Crippen LogP contribution is -2.25. The molecule has 2 heterocycles. The van der Waals surface area contributed by atoms with Gasteiger partial charge >= 0.3 is 0 Å². The summed E-state index contributed by atoms with van der Waals surface area (Å²) < 4.78 is 0. The Morgan fingerprint density at radius 3 is 2.73 bits per heavy atom. The normalized spacial score (nSPS) is 13.9.